The number of ether oxygens (including phenoxy) is 1. The molecule has 8 nitrogen and oxygen atoms in total. The van der Waals surface area contributed by atoms with E-state index < -0.39 is 35.3 Å². The van der Waals surface area contributed by atoms with Gasteiger partial charge in [0.2, 0.25) is 0 Å². The number of aliphatic carboxylic acids is 1. The molecular weight excluding hydrogens is 392 g/mol. The summed E-state index contributed by atoms with van der Waals surface area (Å²) in [6.45, 7) is 0. The van der Waals surface area contributed by atoms with E-state index in [9.17, 15) is 24.6 Å². The van der Waals surface area contributed by atoms with Gasteiger partial charge in [-0.05, 0) is 35.9 Å². The second-order valence-electron chi connectivity index (χ2n) is 6.68. The molecule has 0 bridgehead atoms. The lowest BCUT2D eigenvalue weighted by molar-refractivity contribution is -0.137. The second-order valence-corrected chi connectivity index (χ2v) is 6.68. The van der Waals surface area contributed by atoms with Crippen LogP contribution in [0.15, 0.2) is 67.0 Å². The molecule has 4 rings (SSSR count). The van der Waals surface area contributed by atoms with Crippen molar-refractivity contribution in [1.82, 2.24) is 0 Å². The highest BCUT2D eigenvalue weighted by Crippen LogP contribution is 2.38. The van der Waals surface area contributed by atoms with E-state index in [1.165, 1.54) is 19.2 Å². The summed E-state index contributed by atoms with van der Waals surface area (Å²) >= 11 is 0. The summed E-state index contributed by atoms with van der Waals surface area (Å²) in [5, 5.41) is 21.0. The maximum absolute atomic E-state index is 12.7. The van der Waals surface area contributed by atoms with E-state index in [1.54, 1.807) is 30.3 Å². The Morgan fingerprint density at radius 2 is 1.77 bits per heavy atom. The highest BCUT2D eigenvalue weighted by atomic mass is 16.5. The number of methoxy groups -OCH3 is 1. The standard InChI is InChI=1S/C22H16O8/c1-28-11-6-7-17-14(8-11)13(10-19(25)29-17)15(9-18(23)24)20-21(26)12-4-2-3-5-16(12)30-22(20)27/h2-8,10,15,26H,9H2,1H3,(H,23,24). The highest BCUT2D eigenvalue weighted by molar-refractivity contribution is 5.87. The molecule has 0 spiro atoms. The van der Waals surface area contributed by atoms with Crippen LogP contribution in [0.2, 0.25) is 0 Å². The fraction of sp³-hybridized carbons (Fsp3) is 0.136. The average Bonchev–Trinajstić information content (AvgIpc) is 2.71. The van der Waals surface area contributed by atoms with Gasteiger partial charge < -0.3 is 23.8 Å². The summed E-state index contributed by atoms with van der Waals surface area (Å²) in [6.07, 6.45) is -0.563. The third-order valence-corrected chi connectivity index (χ3v) is 4.90. The summed E-state index contributed by atoms with van der Waals surface area (Å²) in [4.78, 5) is 36.5. The van der Waals surface area contributed by atoms with E-state index in [0.717, 1.165) is 6.07 Å². The first-order valence-corrected chi connectivity index (χ1v) is 8.97. The van der Waals surface area contributed by atoms with E-state index in [2.05, 4.69) is 0 Å². The lowest BCUT2D eigenvalue weighted by Gasteiger charge is -2.18. The van der Waals surface area contributed by atoms with Crippen LogP contribution in [0.1, 0.15) is 23.5 Å². The molecule has 0 radical (unpaired) electrons. The number of carboxylic acids is 1. The minimum atomic E-state index is -1.23. The molecule has 0 saturated carbocycles. The Balaban J connectivity index is 2.07. The van der Waals surface area contributed by atoms with Crippen molar-refractivity contribution in [3.63, 3.8) is 0 Å². The minimum absolute atomic E-state index is 0.164. The molecule has 2 heterocycles. The average molecular weight is 408 g/mol. The maximum Gasteiger partial charge on any atom is 0.343 e. The Morgan fingerprint density at radius 1 is 1.03 bits per heavy atom. The number of carboxylic acid groups (broad SMARTS) is 1. The fourth-order valence-corrected chi connectivity index (χ4v) is 3.58. The normalized spacial score (nSPS) is 12.2. The van der Waals surface area contributed by atoms with Crippen LogP contribution in [-0.2, 0) is 4.79 Å². The second kappa shape index (κ2) is 7.40. The molecular formula is C22H16O8. The van der Waals surface area contributed by atoms with Crippen LogP contribution in [0.4, 0.5) is 0 Å². The minimum Gasteiger partial charge on any atom is -0.507 e. The molecule has 152 valence electrons. The number of fused-ring (bicyclic) bond motifs is 2. The Kier molecular flexibility index (Phi) is 4.75. The van der Waals surface area contributed by atoms with Crippen LogP contribution in [0.3, 0.4) is 0 Å². The van der Waals surface area contributed by atoms with Gasteiger partial charge >= 0.3 is 17.2 Å². The Morgan fingerprint density at radius 3 is 2.50 bits per heavy atom. The zero-order chi connectivity index (χ0) is 21.4. The molecule has 0 saturated heterocycles. The topological polar surface area (TPSA) is 127 Å². The van der Waals surface area contributed by atoms with Gasteiger partial charge in [0.25, 0.3) is 0 Å². The fourth-order valence-electron chi connectivity index (χ4n) is 3.58. The molecule has 0 aliphatic rings. The van der Waals surface area contributed by atoms with E-state index in [-0.39, 0.29) is 27.7 Å². The molecule has 2 N–H and O–H groups in total. The van der Waals surface area contributed by atoms with Crippen molar-refractivity contribution < 1.29 is 28.6 Å². The summed E-state index contributed by atoms with van der Waals surface area (Å²) in [6, 6.07) is 12.1. The molecule has 1 unspecified atom stereocenters. The molecule has 30 heavy (non-hydrogen) atoms. The number of rotatable bonds is 5. The van der Waals surface area contributed by atoms with Crippen molar-refractivity contribution in [1.29, 1.82) is 0 Å². The number of aromatic hydroxyl groups is 1. The largest absolute Gasteiger partial charge is 0.507 e. The maximum atomic E-state index is 12.7. The first kappa shape index (κ1) is 19.3. The summed E-state index contributed by atoms with van der Waals surface area (Å²) < 4.78 is 15.7. The molecule has 8 heteroatoms. The SMILES string of the molecule is COc1ccc2oc(=O)cc(C(CC(=O)O)c3c(O)c4ccccc4oc3=O)c2c1. The van der Waals surface area contributed by atoms with Gasteiger partial charge in [0.15, 0.2) is 0 Å². The van der Waals surface area contributed by atoms with E-state index in [0.29, 0.717) is 11.1 Å². The smallest absolute Gasteiger partial charge is 0.343 e. The van der Waals surface area contributed by atoms with Crippen molar-refractivity contribution >= 4 is 27.9 Å². The molecule has 1 atom stereocenters. The molecule has 0 amide bonds. The van der Waals surface area contributed by atoms with E-state index in [4.69, 9.17) is 13.6 Å². The van der Waals surface area contributed by atoms with E-state index >= 15 is 0 Å². The number of benzene rings is 2. The predicted molar refractivity (Wildman–Crippen MR) is 107 cm³/mol. The Labute approximate surface area is 168 Å². The molecule has 0 aliphatic carbocycles. The number of para-hydroxylation sites is 1. The van der Waals surface area contributed by atoms with Crippen LogP contribution in [0.25, 0.3) is 21.9 Å². The van der Waals surface area contributed by atoms with Gasteiger partial charge in [0.1, 0.15) is 22.7 Å². The third kappa shape index (κ3) is 3.28. The predicted octanol–water partition coefficient (Wildman–Crippen LogP) is 3.22. The molecule has 4 aromatic rings. The van der Waals surface area contributed by atoms with Crippen LogP contribution in [0, 0.1) is 0 Å². The van der Waals surface area contributed by atoms with Gasteiger partial charge in [-0.1, -0.05) is 12.1 Å². The zero-order valence-corrected chi connectivity index (χ0v) is 15.7. The summed E-state index contributed by atoms with van der Waals surface area (Å²) in [7, 11) is 1.46. The van der Waals surface area contributed by atoms with Crippen LogP contribution in [-0.4, -0.2) is 23.3 Å². The zero-order valence-electron chi connectivity index (χ0n) is 15.7. The van der Waals surface area contributed by atoms with E-state index in [1.807, 2.05) is 0 Å². The molecule has 2 aromatic carbocycles. The quantitative estimate of drug-likeness (QED) is 0.482. The van der Waals surface area contributed by atoms with Crippen molar-refractivity contribution in [2.75, 3.05) is 7.11 Å². The molecule has 2 aromatic heterocycles. The monoisotopic (exact) mass is 408 g/mol. The number of hydrogen-bond donors (Lipinski definition) is 2. The van der Waals surface area contributed by atoms with Crippen molar-refractivity contribution in [3.8, 4) is 11.5 Å². The van der Waals surface area contributed by atoms with Gasteiger partial charge in [-0.15, -0.1) is 0 Å². The van der Waals surface area contributed by atoms with Crippen molar-refractivity contribution in [2.45, 2.75) is 12.3 Å². The Hall–Kier alpha value is -4.07. The van der Waals surface area contributed by atoms with Crippen LogP contribution < -0.4 is 16.0 Å². The summed E-state index contributed by atoms with van der Waals surface area (Å²) in [5.41, 5.74) is -1.29. The third-order valence-electron chi connectivity index (χ3n) is 4.90. The molecule has 0 fully saturated rings. The summed E-state index contributed by atoms with van der Waals surface area (Å²) in [5.74, 6) is -2.34. The van der Waals surface area contributed by atoms with Gasteiger partial charge in [0, 0.05) is 17.4 Å². The van der Waals surface area contributed by atoms with Crippen LogP contribution >= 0.6 is 0 Å². The lowest BCUT2D eigenvalue weighted by Crippen LogP contribution is -2.18. The first-order valence-electron chi connectivity index (χ1n) is 8.97. The Bertz CT molecular complexity index is 1400. The van der Waals surface area contributed by atoms with Crippen LogP contribution in [0.5, 0.6) is 11.5 Å². The first-order chi connectivity index (χ1) is 14.4. The van der Waals surface area contributed by atoms with Gasteiger partial charge in [-0.3, -0.25) is 4.79 Å². The van der Waals surface area contributed by atoms with Gasteiger partial charge in [-0.25, -0.2) is 9.59 Å². The number of hydrogen-bond acceptors (Lipinski definition) is 7. The van der Waals surface area contributed by atoms with Crippen molar-refractivity contribution in [2.24, 2.45) is 0 Å². The van der Waals surface area contributed by atoms with Crippen molar-refractivity contribution in [3.05, 3.63) is 80.5 Å². The highest BCUT2D eigenvalue weighted by Gasteiger charge is 2.29. The van der Waals surface area contributed by atoms with Gasteiger partial charge in [0.05, 0.1) is 24.5 Å². The van der Waals surface area contributed by atoms with Gasteiger partial charge in [-0.2, -0.15) is 0 Å². The lowest BCUT2D eigenvalue weighted by atomic mass is 9.86. The molecule has 0 aliphatic heterocycles. The number of carbonyl (C=O) groups is 1.